The van der Waals surface area contributed by atoms with Crippen molar-refractivity contribution in [3.05, 3.63) is 114 Å². The van der Waals surface area contributed by atoms with Crippen LogP contribution in [0.4, 0.5) is 4.79 Å². The first-order valence-corrected chi connectivity index (χ1v) is 18.4. The minimum atomic E-state index is -0.769. The molecular weight excluding hydrogens is 656 g/mol. The maximum Gasteiger partial charge on any atom is 0.407 e. The Bertz CT molecular complexity index is 1510. The Morgan fingerprint density at radius 1 is 0.769 bits per heavy atom. The molecule has 3 rings (SSSR count). The van der Waals surface area contributed by atoms with Gasteiger partial charge < -0.3 is 10.1 Å². The van der Waals surface area contributed by atoms with Crippen LogP contribution in [0.3, 0.4) is 0 Å². The number of hydrazine groups is 1. The van der Waals surface area contributed by atoms with E-state index in [4.69, 9.17) is 9.57 Å². The Morgan fingerprint density at radius 2 is 1.37 bits per heavy atom. The van der Waals surface area contributed by atoms with Gasteiger partial charge in [0.1, 0.15) is 6.61 Å². The lowest BCUT2D eigenvalue weighted by Crippen LogP contribution is -2.52. The number of carbonyl (C=O) groups excluding carboxylic acids is 4. The van der Waals surface area contributed by atoms with Gasteiger partial charge in [0, 0.05) is 19.5 Å². The van der Waals surface area contributed by atoms with Crippen LogP contribution in [-0.4, -0.2) is 41.9 Å². The van der Waals surface area contributed by atoms with Crippen molar-refractivity contribution in [2.45, 2.75) is 79.4 Å². The van der Waals surface area contributed by atoms with E-state index in [1.165, 1.54) is 5.01 Å². The average Bonchev–Trinajstić information content (AvgIpc) is 3.16. The summed E-state index contributed by atoms with van der Waals surface area (Å²) in [6.07, 6.45) is 6.10. The molecule has 4 amide bonds. The van der Waals surface area contributed by atoms with E-state index in [1.807, 2.05) is 117 Å². The van der Waals surface area contributed by atoms with Crippen molar-refractivity contribution in [2.24, 2.45) is 23.7 Å². The number of hydroxylamine groups is 1. The van der Waals surface area contributed by atoms with Crippen molar-refractivity contribution in [3.63, 3.8) is 0 Å². The van der Waals surface area contributed by atoms with E-state index in [-0.39, 0.29) is 50.3 Å². The third-order valence-electron chi connectivity index (χ3n) is 8.83. The molecule has 0 saturated carbocycles. The predicted molar refractivity (Wildman–Crippen MR) is 204 cm³/mol. The summed E-state index contributed by atoms with van der Waals surface area (Å²) in [5.74, 6) is -2.33. The molecule has 3 N–H and O–H groups in total. The SMILES string of the molecule is CCC(CC)CN(NC(=O)[C@H](CC(C)C)[C@H](CC=Cc1ccccc1)C(=O)NOCc1ccccc1)C(=O)CCCNC(=O)OCc1ccccc1. The van der Waals surface area contributed by atoms with Crippen molar-refractivity contribution in [3.8, 4) is 0 Å². The van der Waals surface area contributed by atoms with Gasteiger partial charge in [-0.2, -0.15) is 0 Å². The van der Waals surface area contributed by atoms with Crippen molar-refractivity contribution in [1.82, 2.24) is 21.2 Å². The van der Waals surface area contributed by atoms with Crippen molar-refractivity contribution >= 4 is 29.9 Å². The summed E-state index contributed by atoms with van der Waals surface area (Å²) < 4.78 is 5.27. The predicted octanol–water partition coefficient (Wildman–Crippen LogP) is 7.62. The molecule has 0 fully saturated rings. The zero-order valence-electron chi connectivity index (χ0n) is 31.1. The second kappa shape index (κ2) is 23.5. The maximum absolute atomic E-state index is 14.2. The number of benzene rings is 3. The zero-order chi connectivity index (χ0) is 37.6. The van der Waals surface area contributed by atoms with Crippen LogP contribution in [0.2, 0.25) is 0 Å². The molecule has 280 valence electrons. The molecule has 0 spiro atoms. The average molecular weight is 713 g/mol. The molecule has 0 aromatic heterocycles. The summed E-state index contributed by atoms with van der Waals surface area (Å²) >= 11 is 0. The number of rotatable bonds is 21. The van der Waals surface area contributed by atoms with Gasteiger partial charge in [-0.25, -0.2) is 10.3 Å². The smallest absolute Gasteiger partial charge is 0.407 e. The van der Waals surface area contributed by atoms with E-state index in [2.05, 4.69) is 30.1 Å². The highest BCUT2D eigenvalue weighted by Gasteiger charge is 2.35. The second-order valence-corrected chi connectivity index (χ2v) is 13.4. The quantitative estimate of drug-likeness (QED) is 0.0771. The van der Waals surface area contributed by atoms with Gasteiger partial charge >= 0.3 is 6.09 Å². The summed E-state index contributed by atoms with van der Waals surface area (Å²) in [5, 5.41) is 4.10. The molecule has 0 saturated heterocycles. The minimum Gasteiger partial charge on any atom is -0.445 e. The Labute approximate surface area is 309 Å². The van der Waals surface area contributed by atoms with Crippen LogP contribution in [0.5, 0.6) is 0 Å². The Hall–Kier alpha value is -4.96. The lowest BCUT2D eigenvalue weighted by Gasteiger charge is -2.31. The van der Waals surface area contributed by atoms with Crippen LogP contribution >= 0.6 is 0 Å². The Morgan fingerprint density at radius 3 is 1.96 bits per heavy atom. The number of allylic oxidation sites excluding steroid dienone is 1. The molecule has 10 heteroatoms. The molecule has 0 radical (unpaired) electrons. The number of amides is 4. The van der Waals surface area contributed by atoms with Gasteiger partial charge in [-0.05, 0) is 47.8 Å². The van der Waals surface area contributed by atoms with Crippen molar-refractivity contribution in [2.75, 3.05) is 13.1 Å². The van der Waals surface area contributed by atoms with E-state index in [0.717, 1.165) is 29.5 Å². The highest BCUT2D eigenvalue weighted by atomic mass is 16.6. The molecule has 0 bridgehead atoms. The van der Waals surface area contributed by atoms with Crippen molar-refractivity contribution < 1.29 is 28.8 Å². The van der Waals surface area contributed by atoms with Crippen molar-refractivity contribution in [1.29, 1.82) is 0 Å². The fourth-order valence-corrected chi connectivity index (χ4v) is 5.74. The molecule has 10 nitrogen and oxygen atoms in total. The highest BCUT2D eigenvalue weighted by Crippen LogP contribution is 2.26. The lowest BCUT2D eigenvalue weighted by atomic mass is 9.82. The summed E-state index contributed by atoms with van der Waals surface area (Å²) in [6.45, 7) is 9.03. The molecule has 0 aliphatic heterocycles. The van der Waals surface area contributed by atoms with Crippen LogP contribution in [-0.2, 0) is 37.2 Å². The fourth-order valence-electron chi connectivity index (χ4n) is 5.74. The number of nitrogens with one attached hydrogen (secondary N) is 3. The third-order valence-corrected chi connectivity index (χ3v) is 8.83. The monoisotopic (exact) mass is 712 g/mol. The number of carbonyl (C=O) groups is 4. The molecule has 3 aromatic carbocycles. The molecule has 0 aliphatic carbocycles. The van der Waals surface area contributed by atoms with Gasteiger partial charge in [0.15, 0.2) is 0 Å². The first-order chi connectivity index (χ1) is 25.2. The molecule has 2 atom stereocenters. The summed E-state index contributed by atoms with van der Waals surface area (Å²) in [7, 11) is 0. The zero-order valence-corrected chi connectivity index (χ0v) is 31.1. The summed E-state index contributed by atoms with van der Waals surface area (Å²) in [6, 6.07) is 28.6. The molecule has 3 aromatic rings. The molecule has 0 heterocycles. The van der Waals surface area contributed by atoms with Crippen LogP contribution in [0, 0.1) is 23.7 Å². The van der Waals surface area contributed by atoms with E-state index in [1.54, 1.807) is 0 Å². The van der Waals surface area contributed by atoms with E-state index in [0.29, 0.717) is 19.4 Å². The van der Waals surface area contributed by atoms with Gasteiger partial charge in [-0.3, -0.25) is 29.7 Å². The normalized spacial score (nSPS) is 12.3. The maximum atomic E-state index is 14.2. The number of nitrogens with zero attached hydrogens (tertiary/aromatic N) is 1. The molecule has 0 aliphatic rings. The lowest BCUT2D eigenvalue weighted by molar-refractivity contribution is -0.149. The molecule has 52 heavy (non-hydrogen) atoms. The van der Waals surface area contributed by atoms with Crippen LogP contribution in [0.25, 0.3) is 6.08 Å². The first-order valence-electron chi connectivity index (χ1n) is 18.4. The largest absolute Gasteiger partial charge is 0.445 e. The van der Waals surface area contributed by atoms with Crippen LogP contribution in [0.1, 0.15) is 82.9 Å². The second-order valence-electron chi connectivity index (χ2n) is 13.4. The Balaban J connectivity index is 1.71. The van der Waals surface area contributed by atoms with E-state index >= 15 is 0 Å². The first kappa shape index (κ1) is 41.5. The number of hydrogen-bond donors (Lipinski definition) is 3. The highest BCUT2D eigenvalue weighted by molar-refractivity contribution is 5.89. The van der Waals surface area contributed by atoms with E-state index in [9.17, 15) is 19.2 Å². The van der Waals surface area contributed by atoms with Gasteiger partial charge in [0.2, 0.25) is 17.7 Å². The standard InChI is InChI=1S/C42H56N4O6/c1-5-33(6-2)29-46(39(47)26-17-27-43-42(50)51-30-35-20-12-8-13-21-35)44-40(48)38(28-32(3)4)37(25-16-24-34-18-10-7-11-19-34)41(49)45-52-31-36-22-14-9-15-23-36/h7-16,18-24,32-33,37-38H,5-6,17,25-31H2,1-4H3,(H,43,50)(H,44,48)(H,45,49)/t37-,38+/m0/s1. The molecular formula is C42H56N4O6. The Kier molecular flexibility index (Phi) is 18.7. The summed E-state index contributed by atoms with van der Waals surface area (Å²) in [5.41, 5.74) is 8.28. The minimum absolute atomic E-state index is 0.0882. The van der Waals surface area contributed by atoms with Gasteiger partial charge in [0.05, 0.1) is 18.4 Å². The third kappa shape index (κ3) is 15.5. The number of ether oxygens (including phenoxy) is 1. The van der Waals surface area contributed by atoms with Gasteiger partial charge in [-0.15, -0.1) is 0 Å². The molecule has 0 unspecified atom stereocenters. The van der Waals surface area contributed by atoms with Gasteiger partial charge in [0.25, 0.3) is 0 Å². The fraction of sp³-hybridized carbons (Fsp3) is 0.429. The summed E-state index contributed by atoms with van der Waals surface area (Å²) in [4.78, 5) is 59.4. The number of hydrogen-bond acceptors (Lipinski definition) is 6. The van der Waals surface area contributed by atoms with Crippen LogP contribution in [0.15, 0.2) is 97.1 Å². The van der Waals surface area contributed by atoms with E-state index < -0.39 is 29.7 Å². The van der Waals surface area contributed by atoms with Gasteiger partial charge in [-0.1, -0.05) is 144 Å². The topological polar surface area (TPSA) is 126 Å². The van der Waals surface area contributed by atoms with Crippen LogP contribution < -0.4 is 16.2 Å². The number of alkyl carbamates (subject to hydrolysis) is 1.